The fraction of sp³-hybridized carbons (Fsp3) is 0.692. The predicted octanol–water partition coefficient (Wildman–Crippen LogP) is 2.36. The standard InChI is InChI=1S/C13H20O3/c1-8(2)16-12(15)11-10(13(11,4)5)7-6-9(3)14/h6-8,10-11H,1-5H3/t10-,11-/m0/s1. The molecule has 1 fully saturated rings. The van der Waals surface area contributed by atoms with Gasteiger partial charge in [-0.25, -0.2) is 0 Å². The first kappa shape index (κ1) is 12.9. The normalized spacial score (nSPS) is 27.1. The first-order valence-corrected chi connectivity index (χ1v) is 5.66. The van der Waals surface area contributed by atoms with Gasteiger partial charge in [0.25, 0.3) is 0 Å². The number of rotatable bonds is 4. The molecule has 0 aliphatic heterocycles. The van der Waals surface area contributed by atoms with Gasteiger partial charge in [0.1, 0.15) is 0 Å². The topological polar surface area (TPSA) is 43.4 Å². The maximum Gasteiger partial charge on any atom is 0.310 e. The van der Waals surface area contributed by atoms with Crippen molar-refractivity contribution in [2.45, 2.75) is 40.7 Å². The minimum Gasteiger partial charge on any atom is -0.463 e. The zero-order chi connectivity index (χ0) is 12.5. The van der Waals surface area contributed by atoms with Crippen LogP contribution >= 0.6 is 0 Å². The van der Waals surface area contributed by atoms with Crippen LogP contribution < -0.4 is 0 Å². The minimum absolute atomic E-state index is 0.0127. The second kappa shape index (κ2) is 4.40. The summed E-state index contributed by atoms with van der Waals surface area (Å²) >= 11 is 0. The molecule has 1 aliphatic carbocycles. The Morgan fingerprint density at radius 3 is 2.31 bits per heavy atom. The van der Waals surface area contributed by atoms with E-state index in [9.17, 15) is 9.59 Å². The Morgan fingerprint density at radius 1 is 1.31 bits per heavy atom. The van der Waals surface area contributed by atoms with Crippen molar-refractivity contribution in [1.29, 1.82) is 0 Å². The van der Waals surface area contributed by atoms with E-state index in [4.69, 9.17) is 4.74 Å². The highest BCUT2D eigenvalue weighted by atomic mass is 16.5. The number of allylic oxidation sites excluding steroid dienone is 2. The maximum atomic E-state index is 11.7. The molecule has 1 aliphatic rings. The van der Waals surface area contributed by atoms with Gasteiger partial charge < -0.3 is 4.74 Å². The highest BCUT2D eigenvalue weighted by Crippen LogP contribution is 2.59. The smallest absolute Gasteiger partial charge is 0.310 e. The second-order valence-electron chi connectivity index (χ2n) is 5.28. The maximum absolute atomic E-state index is 11.7. The third-order valence-electron chi connectivity index (χ3n) is 3.05. The summed E-state index contributed by atoms with van der Waals surface area (Å²) in [6.45, 7) is 9.23. The largest absolute Gasteiger partial charge is 0.463 e. The van der Waals surface area contributed by atoms with Gasteiger partial charge in [0.15, 0.2) is 5.78 Å². The molecule has 0 bridgehead atoms. The summed E-state index contributed by atoms with van der Waals surface area (Å²) in [4.78, 5) is 22.6. The van der Waals surface area contributed by atoms with E-state index >= 15 is 0 Å². The third kappa shape index (κ3) is 2.71. The van der Waals surface area contributed by atoms with E-state index in [1.165, 1.54) is 13.0 Å². The molecule has 3 nitrogen and oxygen atoms in total. The molecule has 1 rings (SSSR count). The van der Waals surface area contributed by atoms with Crippen LogP contribution in [0.5, 0.6) is 0 Å². The number of esters is 1. The summed E-state index contributed by atoms with van der Waals surface area (Å²) in [5.41, 5.74) is -0.0854. The average Bonchev–Trinajstić information content (AvgIpc) is 2.63. The van der Waals surface area contributed by atoms with Gasteiger partial charge in [-0.3, -0.25) is 9.59 Å². The number of carbonyl (C=O) groups is 2. The van der Waals surface area contributed by atoms with Gasteiger partial charge in [0.05, 0.1) is 12.0 Å². The molecule has 90 valence electrons. The molecule has 1 saturated carbocycles. The first-order valence-electron chi connectivity index (χ1n) is 5.66. The lowest BCUT2D eigenvalue weighted by molar-refractivity contribution is -0.150. The summed E-state index contributed by atoms with van der Waals surface area (Å²) in [7, 11) is 0. The molecule has 0 unspecified atom stereocenters. The number of ketones is 1. The first-order chi connectivity index (χ1) is 7.26. The molecular weight excluding hydrogens is 204 g/mol. The van der Waals surface area contributed by atoms with Gasteiger partial charge in [-0.1, -0.05) is 19.9 Å². The molecule has 0 amide bonds. The van der Waals surface area contributed by atoms with Crippen molar-refractivity contribution in [2.24, 2.45) is 17.3 Å². The molecule has 0 aromatic heterocycles. The SMILES string of the molecule is CC(=O)C=C[C@H]1[C@@H](C(=O)OC(C)C)C1(C)C. The quantitative estimate of drug-likeness (QED) is 0.544. The van der Waals surface area contributed by atoms with Crippen LogP contribution in [0, 0.1) is 17.3 Å². The van der Waals surface area contributed by atoms with Crippen LogP contribution in [0.4, 0.5) is 0 Å². The van der Waals surface area contributed by atoms with Crippen molar-refractivity contribution in [3.63, 3.8) is 0 Å². The van der Waals surface area contributed by atoms with E-state index in [-0.39, 0.29) is 35.1 Å². The Hall–Kier alpha value is -1.12. The zero-order valence-corrected chi connectivity index (χ0v) is 10.6. The van der Waals surface area contributed by atoms with Crippen LogP contribution in [0.25, 0.3) is 0 Å². The predicted molar refractivity (Wildman–Crippen MR) is 61.8 cm³/mol. The zero-order valence-electron chi connectivity index (χ0n) is 10.6. The lowest BCUT2D eigenvalue weighted by atomic mass is 10.1. The molecular formula is C13H20O3. The lowest BCUT2D eigenvalue weighted by Crippen LogP contribution is -2.15. The van der Waals surface area contributed by atoms with Gasteiger partial charge in [0.2, 0.25) is 0 Å². The Labute approximate surface area is 96.9 Å². The summed E-state index contributed by atoms with van der Waals surface area (Å²) in [6, 6.07) is 0. The number of carbonyl (C=O) groups excluding carboxylic acids is 2. The fourth-order valence-corrected chi connectivity index (χ4v) is 2.03. The molecule has 0 heterocycles. The summed E-state index contributed by atoms with van der Waals surface area (Å²) in [5.74, 6) is -0.120. The van der Waals surface area contributed by atoms with Crippen LogP contribution in [0.1, 0.15) is 34.6 Å². The molecule has 0 aromatic rings. The summed E-state index contributed by atoms with van der Waals surface area (Å²) in [6.07, 6.45) is 3.28. The van der Waals surface area contributed by atoms with Crippen molar-refractivity contribution in [2.75, 3.05) is 0 Å². The summed E-state index contributed by atoms with van der Waals surface area (Å²) < 4.78 is 5.19. The van der Waals surface area contributed by atoms with Crippen molar-refractivity contribution >= 4 is 11.8 Å². The van der Waals surface area contributed by atoms with Gasteiger partial charge in [-0.15, -0.1) is 0 Å². The van der Waals surface area contributed by atoms with E-state index in [0.29, 0.717) is 0 Å². The third-order valence-corrected chi connectivity index (χ3v) is 3.05. The fourth-order valence-electron chi connectivity index (χ4n) is 2.03. The van der Waals surface area contributed by atoms with Gasteiger partial charge >= 0.3 is 5.97 Å². The molecule has 0 aromatic carbocycles. The van der Waals surface area contributed by atoms with Crippen molar-refractivity contribution in [3.8, 4) is 0 Å². The van der Waals surface area contributed by atoms with Crippen molar-refractivity contribution in [1.82, 2.24) is 0 Å². The monoisotopic (exact) mass is 224 g/mol. The Balaban J connectivity index is 2.63. The van der Waals surface area contributed by atoms with Gasteiger partial charge in [-0.2, -0.15) is 0 Å². The highest BCUT2D eigenvalue weighted by Gasteiger charge is 2.61. The number of ether oxygens (including phenoxy) is 1. The second-order valence-corrected chi connectivity index (χ2v) is 5.28. The van der Waals surface area contributed by atoms with Crippen LogP contribution in [0.2, 0.25) is 0 Å². The highest BCUT2D eigenvalue weighted by molar-refractivity contribution is 5.87. The number of hydrogen-bond acceptors (Lipinski definition) is 3. The van der Waals surface area contributed by atoms with E-state index in [1.54, 1.807) is 0 Å². The minimum atomic E-state index is -0.154. The van der Waals surface area contributed by atoms with Crippen molar-refractivity contribution < 1.29 is 14.3 Å². The molecule has 0 radical (unpaired) electrons. The Bertz CT molecular complexity index is 326. The van der Waals surface area contributed by atoms with Crippen LogP contribution in [0.15, 0.2) is 12.2 Å². The average molecular weight is 224 g/mol. The van der Waals surface area contributed by atoms with Gasteiger partial charge in [0, 0.05) is 0 Å². The molecule has 0 spiro atoms. The van der Waals surface area contributed by atoms with E-state index in [1.807, 2.05) is 33.8 Å². The Morgan fingerprint density at radius 2 is 1.88 bits per heavy atom. The molecule has 0 saturated heterocycles. The van der Waals surface area contributed by atoms with Crippen LogP contribution in [0.3, 0.4) is 0 Å². The molecule has 0 N–H and O–H groups in total. The van der Waals surface area contributed by atoms with E-state index in [0.717, 1.165) is 0 Å². The van der Waals surface area contributed by atoms with Crippen LogP contribution in [-0.4, -0.2) is 17.9 Å². The van der Waals surface area contributed by atoms with Gasteiger partial charge in [-0.05, 0) is 38.2 Å². The number of hydrogen-bond donors (Lipinski definition) is 0. The lowest BCUT2D eigenvalue weighted by Gasteiger charge is -2.08. The van der Waals surface area contributed by atoms with Crippen molar-refractivity contribution in [3.05, 3.63) is 12.2 Å². The molecule has 3 heteroatoms. The van der Waals surface area contributed by atoms with Crippen LogP contribution in [-0.2, 0) is 14.3 Å². The van der Waals surface area contributed by atoms with E-state index in [2.05, 4.69) is 0 Å². The van der Waals surface area contributed by atoms with E-state index < -0.39 is 0 Å². The molecule has 16 heavy (non-hydrogen) atoms. The summed E-state index contributed by atoms with van der Waals surface area (Å²) in [5, 5.41) is 0. The Kier molecular flexibility index (Phi) is 3.56. The molecule has 2 atom stereocenters.